The minimum atomic E-state index is -0.986. The first-order valence-electron chi connectivity index (χ1n) is 10.7. The summed E-state index contributed by atoms with van der Waals surface area (Å²) in [5, 5.41) is 0. The van der Waals surface area contributed by atoms with Crippen molar-refractivity contribution in [2.75, 3.05) is 6.61 Å². The van der Waals surface area contributed by atoms with Crippen molar-refractivity contribution in [2.24, 2.45) is 5.92 Å². The average Bonchev–Trinajstić information content (AvgIpc) is 3.56. The molecule has 1 aliphatic heterocycles. The van der Waals surface area contributed by atoms with E-state index in [9.17, 15) is 14.4 Å². The Morgan fingerprint density at radius 3 is 2.16 bits per heavy atom. The van der Waals surface area contributed by atoms with E-state index in [0.717, 1.165) is 17.7 Å². The van der Waals surface area contributed by atoms with Crippen LogP contribution in [0.5, 0.6) is 0 Å². The lowest BCUT2D eigenvalue weighted by molar-refractivity contribution is -0.246. The molecule has 1 aromatic carbocycles. The summed E-state index contributed by atoms with van der Waals surface area (Å²) in [5.74, 6) is -1.16. The van der Waals surface area contributed by atoms with Gasteiger partial charge >= 0.3 is 17.9 Å². The van der Waals surface area contributed by atoms with Gasteiger partial charge < -0.3 is 23.7 Å². The Morgan fingerprint density at radius 1 is 0.969 bits per heavy atom. The molecule has 0 spiro atoms. The fourth-order valence-electron chi connectivity index (χ4n) is 3.67. The predicted octanol–water partition coefficient (Wildman–Crippen LogP) is 3.11. The van der Waals surface area contributed by atoms with E-state index in [4.69, 9.17) is 23.7 Å². The monoisotopic (exact) mass is 466 g/mol. The standard InChI is InChI=1S/C23H30O8S/c1-13(17-10-11-17)28-22-21(30-16(4)26)20(29-15(3)25)19(12-27-14(2)24)31-23(22)32-18-8-6-5-7-9-18/h5-9,13,17,19-23H,10-12H2,1-4H3/t13?,19-,20-,21+,22-,23-/m1/s1. The molecule has 1 unspecified atom stereocenters. The van der Waals surface area contributed by atoms with E-state index in [-0.39, 0.29) is 12.7 Å². The zero-order valence-electron chi connectivity index (χ0n) is 18.7. The number of esters is 3. The first kappa shape index (κ1) is 24.5. The van der Waals surface area contributed by atoms with Gasteiger partial charge in [0, 0.05) is 25.7 Å². The van der Waals surface area contributed by atoms with Crippen LogP contribution in [-0.4, -0.2) is 60.5 Å². The summed E-state index contributed by atoms with van der Waals surface area (Å²) in [6.07, 6.45) is -1.36. The number of thioether (sulfide) groups is 1. The van der Waals surface area contributed by atoms with Gasteiger partial charge in [-0.25, -0.2) is 0 Å². The molecule has 1 aliphatic carbocycles. The molecule has 0 amide bonds. The number of ether oxygens (including phenoxy) is 5. The van der Waals surface area contributed by atoms with Gasteiger partial charge in [-0.15, -0.1) is 0 Å². The second kappa shape index (κ2) is 11.2. The fourth-order valence-corrected chi connectivity index (χ4v) is 4.80. The van der Waals surface area contributed by atoms with Gasteiger partial charge in [-0.3, -0.25) is 14.4 Å². The molecule has 2 fully saturated rings. The molecule has 3 rings (SSSR count). The van der Waals surface area contributed by atoms with Gasteiger partial charge in [0.2, 0.25) is 0 Å². The van der Waals surface area contributed by atoms with E-state index < -0.39 is 47.8 Å². The minimum Gasteiger partial charge on any atom is -0.463 e. The Labute approximate surface area is 192 Å². The predicted molar refractivity (Wildman–Crippen MR) is 116 cm³/mol. The third-order valence-electron chi connectivity index (χ3n) is 5.30. The number of hydrogen-bond acceptors (Lipinski definition) is 9. The Kier molecular flexibility index (Phi) is 8.56. The van der Waals surface area contributed by atoms with Crippen LogP contribution in [0.3, 0.4) is 0 Å². The van der Waals surface area contributed by atoms with Crippen LogP contribution in [0.1, 0.15) is 40.5 Å². The van der Waals surface area contributed by atoms with Crippen LogP contribution in [0.25, 0.3) is 0 Å². The summed E-state index contributed by atoms with van der Waals surface area (Å²) in [5.41, 5.74) is -0.588. The SMILES string of the molecule is CC(=O)OC[C@H]1O[C@H](Sc2ccccc2)[C@H](OC(C)C2CC2)[C@@H](OC(C)=O)[C@@H]1OC(C)=O. The summed E-state index contributed by atoms with van der Waals surface area (Å²) in [4.78, 5) is 36.3. The number of rotatable bonds is 9. The number of hydrogen-bond donors (Lipinski definition) is 0. The smallest absolute Gasteiger partial charge is 0.303 e. The van der Waals surface area contributed by atoms with E-state index in [2.05, 4.69) is 0 Å². The molecule has 1 aromatic rings. The first-order chi connectivity index (χ1) is 15.2. The first-order valence-corrected chi connectivity index (χ1v) is 11.6. The zero-order chi connectivity index (χ0) is 23.3. The topological polar surface area (TPSA) is 97.4 Å². The van der Waals surface area contributed by atoms with E-state index in [1.807, 2.05) is 37.3 Å². The normalized spacial score (nSPS) is 28.4. The van der Waals surface area contributed by atoms with Crippen molar-refractivity contribution in [3.63, 3.8) is 0 Å². The maximum absolute atomic E-state index is 12.0. The molecule has 0 bridgehead atoms. The van der Waals surface area contributed by atoms with Crippen LogP contribution in [-0.2, 0) is 38.1 Å². The van der Waals surface area contributed by atoms with Gasteiger partial charge in [0.25, 0.3) is 0 Å². The van der Waals surface area contributed by atoms with Crippen LogP contribution < -0.4 is 0 Å². The van der Waals surface area contributed by atoms with E-state index in [1.54, 1.807) is 0 Å². The molecule has 0 N–H and O–H groups in total. The van der Waals surface area contributed by atoms with Crippen LogP contribution in [0, 0.1) is 5.92 Å². The highest BCUT2D eigenvalue weighted by atomic mass is 32.2. The molecule has 176 valence electrons. The van der Waals surface area contributed by atoms with Crippen molar-refractivity contribution in [3.8, 4) is 0 Å². The van der Waals surface area contributed by atoms with Crippen molar-refractivity contribution >= 4 is 29.7 Å². The number of carbonyl (C=O) groups excluding carboxylic acids is 3. The largest absolute Gasteiger partial charge is 0.463 e. The average molecular weight is 467 g/mol. The summed E-state index contributed by atoms with van der Waals surface area (Å²) in [7, 11) is 0. The summed E-state index contributed by atoms with van der Waals surface area (Å²) >= 11 is 1.42. The van der Waals surface area contributed by atoms with Crippen molar-refractivity contribution in [1.29, 1.82) is 0 Å². The minimum absolute atomic E-state index is 0.0801. The molecule has 0 radical (unpaired) electrons. The van der Waals surface area contributed by atoms with E-state index in [0.29, 0.717) is 5.92 Å². The number of benzene rings is 1. The van der Waals surface area contributed by atoms with Gasteiger partial charge in [0.05, 0.1) is 6.10 Å². The second-order valence-corrected chi connectivity index (χ2v) is 9.24. The van der Waals surface area contributed by atoms with Crippen molar-refractivity contribution < 1.29 is 38.1 Å². The lowest BCUT2D eigenvalue weighted by Crippen LogP contribution is -2.61. The molecule has 6 atom stereocenters. The lowest BCUT2D eigenvalue weighted by atomic mass is 9.99. The summed E-state index contributed by atoms with van der Waals surface area (Å²) in [6, 6.07) is 9.62. The zero-order valence-corrected chi connectivity index (χ0v) is 19.5. The molecular formula is C23H30O8S. The Hall–Kier alpha value is -2.10. The van der Waals surface area contributed by atoms with Gasteiger partial charge in [-0.1, -0.05) is 30.0 Å². The van der Waals surface area contributed by atoms with E-state index in [1.165, 1.54) is 32.5 Å². The van der Waals surface area contributed by atoms with Crippen molar-refractivity contribution in [1.82, 2.24) is 0 Å². The molecule has 1 saturated carbocycles. The summed E-state index contributed by atoms with van der Waals surface area (Å²) < 4.78 is 29.0. The lowest BCUT2D eigenvalue weighted by Gasteiger charge is -2.45. The maximum Gasteiger partial charge on any atom is 0.303 e. The van der Waals surface area contributed by atoms with Crippen molar-refractivity contribution in [3.05, 3.63) is 30.3 Å². The molecule has 9 heteroatoms. The molecule has 1 heterocycles. The van der Waals surface area contributed by atoms with E-state index >= 15 is 0 Å². The molecule has 32 heavy (non-hydrogen) atoms. The van der Waals surface area contributed by atoms with Crippen LogP contribution >= 0.6 is 11.8 Å². The Morgan fingerprint density at radius 2 is 1.59 bits per heavy atom. The fraction of sp³-hybridized carbons (Fsp3) is 0.609. The summed E-state index contributed by atoms with van der Waals surface area (Å²) in [6.45, 7) is 5.68. The molecule has 8 nitrogen and oxygen atoms in total. The van der Waals surface area contributed by atoms with Crippen molar-refractivity contribution in [2.45, 2.75) is 81.4 Å². The maximum atomic E-state index is 12.0. The van der Waals surface area contributed by atoms with Gasteiger partial charge in [0.15, 0.2) is 12.2 Å². The molecule has 1 saturated heterocycles. The molecule has 0 aromatic heterocycles. The highest BCUT2D eigenvalue weighted by Crippen LogP contribution is 2.41. The highest BCUT2D eigenvalue weighted by molar-refractivity contribution is 7.99. The van der Waals surface area contributed by atoms with Gasteiger partial charge in [-0.2, -0.15) is 0 Å². The van der Waals surface area contributed by atoms with Gasteiger partial charge in [-0.05, 0) is 37.8 Å². The van der Waals surface area contributed by atoms with Gasteiger partial charge in [0.1, 0.15) is 24.3 Å². The molecular weight excluding hydrogens is 436 g/mol. The Bertz CT molecular complexity index is 796. The van der Waals surface area contributed by atoms with Crippen LogP contribution in [0.15, 0.2) is 35.2 Å². The molecule has 2 aliphatic rings. The highest BCUT2D eigenvalue weighted by Gasteiger charge is 2.52. The van der Waals surface area contributed by atoms with Crippen LogP contribution in [0.2, 0.25) is 0 Å². The van der Waals surface area contributed by atoms with Crippen LogP contribution in [0.4, 0.5) is 0 Å². The third kappa shape index (κ3) is 6.95. The second-order valence-electron chi connectivity index (χ2n) is 8.07. The number of carbonyl (C=O) groups is 3. The quantitative estimate of drug-likeness (QED) is 0.402. The third-order valence-corrected chi connectivity index (χ3v) is 6.46. The Balaban J connectivity index is 1.93.